The number of nitro benzene ring substituents is 1. The van der Waals surface area contributed by atoms with Crippen molar-refractivity contribution in [2.75, 3.05) is 0 Å². The highest BCUT2D eigenvalue weighted by atomic mass is 16.6. The number of hydrogen-bond acceptors (Lipinski definition) is 6. The van der Waals surface area contributed by atoms with E-state index in [1.807, 2.05) is 41.5 Å². The van der Waals surface area contributed by atoms with Gasteiger partial charge in [-0.05, 0) is 121 Å². The van der Waals surface area contributed by atoms with E-state index >= 15 is 0 Å². The van der Waals surface area contributed by atoms with Gasteiger partial charge in [0, 0.05) is 23.5 Å². The first kappa shape index (κ1) is 29.6. The zero-order valence-corrected chi connectivity index (χ0v) is 25.4. The maximum atomic E-state index is 13.4. The van der Waals surface area contributed by atoms with E-state index in [1.165, 1.54) is 12.1 Å². The minimum atomic E-state index is -0.650. The number of nitro groups is 1. The van der Waals surface area contributed by atoms with E-state index in [9.17, 15) is 19.7 Å². The molecule has 2 aliphatic carbocycles. The van der Waals surface area contributed by atoms with Crippen molar-refractivity contribution in [3.63, 3.8) is 0 Å². The number of fused-ring (bicyclic) bond motifs is 2. The quantitative estimate of drug-likeness (QED) is 0.183. The molecule has 1 aromatic carbocycles. The molecular weight excluding hydrogens is 534 g/mol. The van der Waals surface area contributed by atoms with Crippen LogP contribution in [0.3, 0.4) is 0 Å². The molecule has 0 bridgehead atoms. The van der Waals surface area contributed by atoms with Crippen LogP contribution in [-0.2, 0) is 35.2 Å². The molecule has 42 heavy (non-hydrogen) atoms. The summed E-state index contributed by atoms with van der Waals surface area (Å²) in [4.78, 5) is 44.9. The number of aromatic nitrogens is 2. The summed E-state index contributed by atoms with van der Waals surface area (Å²) < 4.78 is 11.6. The average Bonchev–Trinajstić information content (AvgIpc) is 3.47. The summed E-state index contributed by atoms with van der Waals surface area (Å²) in [6, 6.07) is 6.57. The van der Waals surface area contributed by atoms with Crippen molar-refractivity contribution in [3.05, 3.63) is 85.0 Å². The van der Waals surface area contributed by atoms with Crippen LogP contribution < -0.4 is 0 Å². The Morgan fingerprint density at radius 3 is 1.45 bits per heavy atom. The lowest BCUT2D eigenvalue weighted by Crippen LogP contribution is -2.25. The standard InChI is InChI=1S/C33H41N3O6/c1-32(2,3)41-30(37)28-23-13-9-7-11-21(23)26(34-28)25(19-15-17-20(18-16-19)36(39)40)27-22-12-8-10-14-24(22)29(35-27)31(38)42-33(4,5)6/h15-18,25,34-35H,7-14H2,1-6H3. The maximum absolute atomic E-state index is 13.4. The number of H-pyrrole nitrogens is 2. The lowest BCUT2D eigenvalue weighted by atomic mass is 9.82. The molecule has 0 amide bonds. The number of aromatic amines is 2. The lowest BCUT2D eigenvalue weighted by Gasteiger charge is -2.23. The molecule has 0 saturated carbocycles. The number of ether oxygens (including phenoxy) is 2. The predicted molar refractivity (Wildman–Crippen MR) is 159 cm³/mol. The van der Waals surface area contributed by atoms with E-state index in [0.29, 0.717) is 11.4 Å². The SMILES string of the molecule is CC(C)(C)OC(=O)c1[nH]c(C(c2ccc([N+](=O)[O-])cc2)c2[nH]c(C(=O)OC(C)(C)C)c3c2CCCC3)c2c1CCCC2. The van der Waals surface area contributed by atoms with Gasteiger partial charge in [0.2, 0.25) is 0 Å². The van der Waals surface area contributed by atoms with E-state index < -0.39 is 34.0 Å². The van der Waals surface area contributed by atoms with Crippen LogP contribution in [0.4, 0.5) is 5.69 Å². The number of rotatable bonds is 6. The van der Waals surface area contributed by atoms with Gasteiger partial charge in [0.15, 0.2) is 0 Å². The van der Waals surface area contributed by atoms with E-state index in [2.05, 4.69) is 9.97 Å². The summed E-state index contributed by atoms with van der Waals surface area (Å²) in [7, 11) is 0. The van der Waals surface area contributed by atoms with E-state index in [0.717, 1.165) is 90.6 Å². The Kier molecular flexibility index (Phi) is 7.81. The van der Waals surface area contributed by atoms with Crippen molar-refractivity contribution >= 4 is 17.6 Å². The molecule has 0 saturated heterocycles. The number of hydrogen-bond donors (Lipinski definition) is 2. The van der Waals surface area contributed by atoms with Crippen LogP contribution >= 0.6 is 0 Å². The third-order valence-electron chi connectivity index (χ3n) is 7.93. The minimum Gasteiger partial charge on any atom is -0.455 e. The summed E-state index contributed by atoms with van der Waals surface area (Å²) in [6.45, 7) is 11.1. The number of carbonyl (C=O) groups is 2. The summed E-state index contributed by atoms with van der Waals surface area (Å²) in [6.07, 6.45) is 7.06. The Labute approximate surface area is 246 Å². The molecule has 0 aliphatic heterocycles. The molecule has 0 spiro atoms. The largest absolute Gasteiger partial charge is 0.455 e. The second kappa shape index (κ2) is 11.1. The van der Waals surface area contributed by atoms with Crippen LogP contribution in [-0.4, -0.2) is 38.0 Å². The highest BCUT2D eigenvalue weighted by Gasteiger charge is 2.36. The number of nitrogens with one attached hydrogen (secondary N) is 2. The molecule has 9 nitrogen and oxygen atoms in total. The predicted octanol–water partition coefficient (Wildman–Crippen LogP) is 7.10. The Morgan fingerprint density at radius 2 is 1.10 bits per heavy atom. The molecule has 2 aliphatic rings. The van der Waals surface area contributed by atoms with Gasteiger partial charge in [-0.25, -0.2) is 9.59 Å². The van der Waals surface area contributed by atoms with Crippen molar-refractivity contribution in [2.45, 2.75) is 110 Å². The van der Waals surface area contributed by atoms with Crippen molar-refractivity contribution in [3.8, 4) is 0 Å². The molecule has 5 rings (SSSR count). The van der Waals surface area contributed by atoms with Gasteiger partial charge in [-0.2, -0.15) is 0 Å². The first-order valence-corrected chi connectivity index (χ1v) is 14.9. The van der Waals surface area contributed by atoms with Crippen LogP contribution in [0.2, 0.25) is 0 Å². The number of benzene rings is 1. The molecule has 2 N–H and O–H groups in total. The lowest BCUT2D eigenvalue weighted by molar-refractivity contribution is -0.384. The van der Waals surface area contributed by atoms with Gasteiger partial charge < -0.3 is 19.4 Å². The highest BCUT2D eigenvalue weighted by molar-refractivity contribution is 5.91. The number of nitrogens with zero attached hydrogens (tertiary/aromatic N) is 1. The normalized spacial score (nSPS) is 15.2. The van der Waals surface area contributed by atoms with Gasteiger partial charge >= 0.3 is 11.9 Å². The van der Waals surface area contributed by atoms with Crippen LogP contribution in [0.15, 0.2) is 24.3 Å². The van der Waals surface area contributed by atoms with Crippen molar-refractivity contribution < 1.29 is 24.0 Å². The molecule has 0 fully saturated rings. The van der Waals surface area contributed by atoms with Gasteiger partial charge in [0.1, 0.15) is 22.6 Å². The Morgan fingerprint density at radius 1 is 0.714 bits per heavy atom. The fraction of sp³-hybridized carbons (Fsp3) is 0.515. The van der Waals surface area contributed by atoms with Gasteiger partial charge in [-0.15, -0.1) is 0 Å². The van der Waals surface area contributed by atoms with Gasteiger partial charge in [0.05, 0.1) is 10.8 Å². The van der Waals surface area contributed by atoms with Crippen LogP contribution in [0.25, 0.3) is 0 Å². The Hall–Kier alpha value is -3.88. The van der Waals surface area contributed by atoms with E-state index in [1.54, 1.807) is 12.1 Å². The zero-order valence-electron chi connectivity index (χ0n) is 25.4. The monoisotopic (exact) mass is 575 g/mol. The smallest absolute Gasteiger partial charge is 0.355 e. The number of non-ortho nitro benzene ring substituents is 1. The second-order valence-electron chi connectivity index (χ2n) is 13.4. The van der Waals surface area contributed by atoms with Gasteiger partial charge in [0.25, 0.3) is 5.69 Å². The third kappa shape index (κ3) is 6.01. The average molecular weight is 576 g/mol. The molecule has 9 heteroatoms. The molecule has 2 aromatic heterocycles. The van der Waals surface area contributed by atoms with Crippen molar-refractivity contribution in [1.82, 2.24) is 9.97 Å². The van der Waals surface area contributed by atoms with Crippen molar-refractivity contribution in [2.24, 2.45) is 0 Å². The molecular formula is C33H41N3O6. The minimum absolute atomic E-state index is 0.00316. The van der Waals surface area contributed by atoms with Crippen molar-refractivity contribution in [1.29, 1.82) is 0 Å². The van der Waals surface area contributed by atoms with Crippen LogP contribution in [0, 0.1) is 10.1 Å². The summed E-state index contributed by atoms with van der Waals surface area (Å²) in [5.41, 5.74) is 6.32. The molecule has 0 radical (unpaired) electrons. The third-order valence-corrected chi connectivity index (χ3v) is 7.93. The molecule has 0 atom stereocenters. The zero-order chi connectivity index (χ0) is 30.4. The Balaban J connectivity index is 1.72. The maximum Gasteiger partial charge on any atom is 0.355 e. The van der Waals surface area contributed by atoms with Crippen LogP contribution in [0.1, 0.15) is 133 Å². The van der Waals surface area contributed by atoms with Gasteiger partial charge in [-0.1, -0.05) is 12.1 Å². The fourth-order valence-electron chi connectivity index (χ4n) is 6.29. The fourth-order valence-corrected chi connectivity index (χ4v) is 6.29. The van der Waals surface area contributed by atoms with Gasteiger partial charge in [-0.3, -0.25) is 10.1 Å². The van der Waals surface area contributed by atoms with E-state index in [-0.39, 0.29) is 5.69 Å². The van der Waals surface area contributed by atoms with E-state index in [4.69, 9.17) is 9.47 Å². The first-order valence-electron chi connectivity index (χ1n) is 14.9. The summed E-state index contributed by atoms with van der Waals surface area (Å²) in [5.74, 6) is -1.19. The molecule has 2 heterocycles. The molecule has 3 aromatic rings. The highest BCUT2D eigenvalue weighted by Crippen LogP contribution is 2.43. The molecule has 224 valence electrons. The second-order valence-corrected chi connectivity index (χ2v) is 13.4. The number of carbonyl (C=O) groups excluding carboxylic acids is 2. The topological polar surface area (TPSA) is 127 Å². The summed E-state index contributed by atoms with van der Waals surface area (Å²) >= 11 is 0. The number of esters is 2. The molecule has 0 unspecified atom stereocenters. The summed E-state index contributed by atoms with van der Waals surface area (Å²) in [5, 5.41) is 11.5. The Bertz CT molecular complexity index is 1430. The first-order chi connectivity index (χ1) is 19.7. The van der Waals surface area contributed by atoms with Crippen LogP contribution in [0.5, 0.6) is 0 Å².